The van der Waals surface area contributed by atoms with Crippen molar-refractivity contribution in [2.24, 2.45) is 0 Å². The van der Waals surface area contributed by atoms with Crippen molar-refractivity contribution in [1.82, 2.24) is 18.7 Å². The lowest BCUT2D eigenvalue weighted by atomic mass is 10.2. The maximum absolute atomic E-state index is 12.8. The van der Waals surface area contributed by atoms with E-state index in [0.29, 0.717) is 12.2 Å². The van der Waals surface area contributed by atoms with Crippen molar-refractivity contribution in [3.05, 3.63) is 27.2 Å². The normalized spacial score (nSPS) is 14.1. The molecule has 0 bridgehead atoms. The van der Waals surface area contributed by atoms with E-state index in [1.54, 1.807) is 11.5 Å². The lowest BCUT2D eigenvalue weighted by molar-refractivity contribution is 0.0840. The highest BCUT2D eigenvalue weighted by Gasteiger charge is 2.19. The number of aliphatic hydroxyl groups is 3. The zero-order chi connectivity index (χ0) is 18.6. The SMILES string of the molecule is CCCCn1c(=O)n(CCC(O)CO)c(=O)c2c1ncn2CC(C)O. The number of aliphatic hydroxyl groups excluding tert-OH is 3. The van der Waals surface area contributed by atoms with Crippen molar-refractivity contribution in [1.29, 1.82) is 0 Å². The third kappa shape index (κ3) is 4.17. The second-order valence-corrected chi connectivity index (χ2v) is 6.29. The third-order valence-electron chi connectivity index (χ3n) is 4.08. The Hall–Kier alpha value is -1.97. The fourth-order valence-corrected chi connectivity index (χ4v) is 2.75. The van der Waals surface area contributed by atoms with E-state index in [1.807, 2.05) is 6.92 Å². The molecule has 9 nitrogen and oxygen atoms in total. The number of hydrogen-bond donors (Lipinski definition) is 3. The molecule has 2 aromatic heterocycles. The van der Waals surface area contributed by atoms with Crippen LogP contribution >= 0.6 is 0 Å². The van der Waals surface area contributed by atoms with Crippen molar-refractivity contribution < 1.29 is 15.3 Å². The zero-order valence-corrected chi connectivity index (χ0v) is 14.6. The fraction of sp³-hybridized carbons (Fsp3) is 0.688. The van der Waals surface area contributed by atoms with Gasteiger partial charge in [-0.3, -0.25) is 13.9 Å². The second kappa shape index (κ2) is 8.41. The van der Waals surface area contributed by atoms with Crippen LogP contribution in [0.4, 0.5) is 0 Å². The summed E-state index contributed by atoms with van der Waals surface area (Å²) in [6.45, 7) is 3.80. The quantitative estimate of drug-likeness (QED) is 0.546. The van der Waals surface area contributed by atoms with E-state index in [4.69, 9.17) is 5.11 Å². The number of unbranched alkanes of at least 4 members (excludes halogenated alkanes) is 1. The molecule has 25 heavy (non-hydrogen) atoms. The Balaban J connectivity index is 2.61. The van der Waals surface area contributed by atoms with Crippen LogP contribution in [0.5, 0.6) is 0 Å². The number of hydrogen-bond acceptors (Lipinski definition) is 6. The van der Waals surface area contributed by atoms with Gasteiger partial charge in [-0.25, -0.2) is 9.78 Å². The minimum Gasteiger partial charge on any atom is -0.394 e. The van der Waals surface area contributed by atoms with Crippen molar-refractivity contribution >= 4 is 11.2 Å². The van der Waals surface area contributed by atoms with Crippen LogP contribution in [0.2, 0.25) is 0 Å². The van der Waals surface area contributed by atoms with Gasteiger partial charge in [0.05, 0.1) is 31.7 Å². The molecule has 0 radical (unpaired) electrons. The molecule has 3 N–H and O–H groups in total. The van der Waals surface area contributed by atoms with E-state index < -0.39 is 30.1 Å². The first-order valence-electron chi connectivity index (χ1n) is 8.56. The summed E-state index contributed by atoms with van der Waals surface area (Å²) in [6, 6.07) is 0. The van der Waals surface area contributed by atoms with Gasteiger partial charge in [-0.15, -0.1) is 0 Å². The summed E-state index contributed by atoms with van der Waals surface area (Å²) >= 11 is 0. The molecule has 0 aliphatic heterocycles. The molecule has 0 saturated heterocycles. The predicted molar refractivity (Wildman–Crippen MR) is 92.6 cm³/mol. The molecule has 2 rings (SSSR count). The molecule has 0 aliphatic carbocycles. The molecule has 140 valence electrons. The van der Waals surface area contributed by atoms with Gasteiger partial charge in [0.15, 0.2) is 11.2 Å². The highest BCUT2D eigenvalue weighted by Crippen LogP contribution is 2.09. The monoisotopic (exact) mass is 354 g/mol. The molecule has 2 heterocycles. The number of fused-ring (bicyclic) bond motifs is 1. The minimum absolute atomic E-state index is 0.00131. The first-order valence-corrected chi connectivity index (χ1v) is 8.56. The molecule has 2 aromatic rings. The summed E-state index contributed by atoms with van der Waals surface area (Å²) in [5.74, 6) is 0. The lowest BCUT2D eigenvalue weighted by Gasteiger charge is -2.14. The largest absolute Gasteiger partial charge is 0.394 e. The Kier molecular flexibility index (Phi) is 6.51. The number of nitrogens with zero attached hydrogens (tertiary/aromatic N) is 4. The molecule has 0 aliphatic rings. The van der Waals surface area contributed by atoms with Crippen LogP contribution in [-0.2, 0) is 19.6 Å². The summed E-state index contributed by atoms with van der Waals surface area (Å²) in [7, 11) is 0. The Morgan fingerprint density at radius 2 is 1.92 bits per heavy atom. The second-order valence-electron chi connectivity index (χ2n) is 6.29. The van der Waals surface area contributed by atoms with Crippen molar-refractivity contribution in [3.8, 4) is 0 Å². The fourth-order valence-electron chi connectivity index (χ4n) is 2.75. The first-order chi connectivity index (χ1) is 11.9. The third-order valence-corrected chi connectivity index (χ3v) is 4.08. The van der Waals surface area contributed by atoms with Crippen molar-refractivity contribution in [3.63, 3.8) is 0 Å². The first kappa shape index (κ1) is 19.4. The molecule has 0 amide bonds. The van der Waals surface area contributed by atoms with Gasteiger partial charge in [-0.05, 0) is 19.8 Å². The number of aromatic nitrogens is 4. The number of imidazole rings is 1. The van der Waals surface area contributed by atoms with Crippen LogP contribution in [0, 0.1) is 0 Å². The van der Waals surface area contributed by atoms with Gasteiger partial charge in [-0.2, -0.15) is 0 Å². The molecule has 0 fully saturated rings. The molecular weight excluding hydrogens is 328 g/mol. The summed E-state index contributed by atoms with van der Waals surface area (Å²) in [6.07, 6.45) is 1.52. The molecular formula is C16H26N4O5. The lowest BCUT2D eigenvalue weighted by Crippen LogP contribution is -2.41. The van der Waals surface area contributed by atoms with E-state index in [-0.39, 0.29) is 25.0 Å². The van der Waals surface area contributed by atoms with Crippen LogP contribution in [-0.4, -0.2) is 52.8 Å². The zero-order valence-electron chi connectivity index (χ0n) is 14.6. The minimum atomic E-state index is -0.992. The van der Waals surface area contributed by atoms with E-state index in [1.165, 1.54) is 10.9 Å². The van der Waals surface area contributed by atoms with E-state index in [0.717, 1.165) is 17.4 Å². The van der Waals surface area contributed by atoms with Gasteiger partial charge in [0.25, 0.3) is 5.56 Å². The topological polar surface area (TPSA) is 123 Å². The van der Waals surface area contributed by atoms with Gasteiger partial charge in [0, 0.05) is 13.1 Å². The van der Waals surface area contributed by atoms with Crippen LogP contribution in [0.15, 0.2) is 15.9 Å². The molecule has 0 spiro atoms. The van der Waals surface area contributed by atoms with Gasteiger partial charge < -0.3 is 19.9 Å². The standard InChI is InChI=1S/C16H26N4O5/c1-3-4-6-19-14-13(18(10-17-14)8-11(2)22)15(24)20(16(19)25)7-5-12(23)9-21/h10-12,21-23H,3-9H2,1-2H3. The smallest absolute Gasteiger partial charge is 0.332 e. The Morgan fingerprint density at radius 3 is 2.52 bits per heavy atom. The Labute approximate surface area is 144 Å². The summed E-state index contributed by atoms with van der Waals surface area (Å²) in [5.41, 5.74) is -0.410. The number of rotatable bonds is 9. The van der Waals surface area contributed by atoms with Gasteiger partial charge in [0.1, 0.15) is 0 Å². The average Bonchev–Trinajstić information content (AvgIpc) is 2.97. The van der Waals surface area contributed by atoms with Crippen molar-refractivity contribution in [2.75, 3.05) is 6.61 Å². The Morgan fingerprint density at radius 1 is 1.20 bits per heavy atom. The van der Waals surface area contributed by atoms with E-state index >= 15 is 0 Å². The molecule has 0 aromatic carbocycles. The molecule has 2 atom stereocenters. The Bertz CT molecular complexity index is 820. The van der Waals surface area contributed by atoms with Gasteiger partial charge >= 0.3 is 5.69 Å². The molecule has 2 unspecified atom stereocenters. The predicted octanol–water partition coefficient (Wildman–Crippen LogP) is -0.716. The maximum Gasteiger partial charge on any atom is 0.332 e. The van der Waals surface area contributed by atoms with E-state index in [9.17, 15) is 19.8 Å². The van der Waals surface area contributed by atoms with Crippen LogP contribution < -0.4 is 11.2 Å². The molecule has 9 heteroatoms. The van der Waals surface area contributed by atoms with E-state index in [2.05, 4.69) is 4.98 Å². The highest BCUT2D eigenvalue weighted by atomic mass is 16.3. The highest BCUT2D eigenvalue weighted by molar-refractivity contribution is 5.70. The van der Waals surface area contributed by atoms with Crippen LogP contribution in [0.3, 0.4) is 0 Å². The van der Waals surface area contributed by atoms with Crippen molar-refractivity contribution in [2.45, 2.75) is 65.0 Å². The maximum atomic E-state index is 12.8. The summed E-state index contributed by atoms with van der Waals surface area (Å²) < 4.78 is 4.07. The molecule has 0 saturated carbocycles. The average molecular weight is 354 g/mol. The van der Waals surface area contributed by atoms with Gasteiger partial charge in [0.2, 0.25) is 0 Å². The van der Waals surface area contributed by atoms with Crippen LogP contribution in [0.25, 0.3) is 11.2 Å². The summed E-state index contributed by atoms with van der Waals surface area (Å²) in [5, 5.41) is 28.1. The van der Waals surface area contributed by atoms with Crippen LogP contribution in [0.1, 0.15) is 33.1 Å². The number of aryl methyl sites for hydroxylation is 1. The summed E-state index contributed by atoms with van der Waals surface area (Å²) in [4.78, 5) is 29.7. The van der Waals surface area contributed by atoms with Gasteiger partial charge in [-0.1, -0.05) is 13.3 Å².